The molecule has 0 aliphatic heterocycles. The Morgan fingerprint density at radius 1 is 0.912 bits per heavy atom. The van der Waals surface area contributed by atoms with Gasteiger partial charge >= 0.3 is 0 Å². The first kappa shape index (κ1) is 23.6. The molecule has 0 saturated heterocycles. The van der Waals surface area contributed by atoms with E-state index in [0.717, 1.165) is 16.9 Å². The van der Waals surface area contributed by atoms with Gasteiger partial charge in [0.05, 0.1) is 10.7 Å². The highest BCUT2D eigenvalue weighted by molar-refractivity contribution is 7.80. The number of amides is 1. The molecule has 1 amide bonds. The summed E-state index contributed by atoms with van der Waals surface area (Å²) < 4.78 is 6.14. The minimum Gasteiger partial charge on any atom is -0.455 e. The molecule has 1 aromatic heterocycles. The first-order chi connectivity index (χ1) is 16.4. The second-order valence-electron chi connectivity index (χ2n) is 7.31. The molecule has 6 nitrogen and oxygen atoms in total. The van der Waals surface area contributed by atoms with Gasteiger partial charge in [0.2, 0.25) is 5.91 Å². The summed E-state index contributed by atoms with van der Waals surface area (Å²) >= 11 is 18.1. The minimum atomic E-state index is -0.134. The maximum atomic E-state index is 11.2. The Balaban J connectivity index is 1.57. The third-order valence-corrected chi connectivity index (χ3v) is 5.48. The first-order valence-electron chi connectivity index (χ1n) is 10.2. The Labute approximate surface area is 212 Å². The lowest BCUT2D eigenvalue weighted by molar-refractivity contribution is -0.114. The molecule has 172 valence electrons. The Morgan fingerprint density at radius 3 is 2.21 bits per heavy atom. The Hall–Kier alpha value is -3.52. The Morgan fingerprint density at radius 2 is 1.59 bits per heavy atom. The summed E-state index contributed by atoms with van der Waals surface area (Å²) in [5, 5.41) is 10.5. The molecular formula is C25H20Cl2N4O2S. The number of ether oxygens (including phenoxy) is 1. The van der Waals surface area contributed by atoms with Crippen LogP contribution in [0.5, 0.6) is 11.5 Å². The number of rotatable bonds is 6. The second-order valence-corrected chi connectivity index (χ2v) is 8.56. The average Bonchev–Trinajstić information content (AvgIpc) is 3.32. The zero-order valence-electron chi connectivity index (χ0n) is 18.0. The molecule has 4 N–H and O–H groups in total. The molecule has 4 rings (SSSR count). The van der Waals surface area contributed by atoms with E-state index in [1.54, 1.807) is 42.5 Å². The largest absolute Gasteiger partial charge is 0.455 e. The van der Waals surface area contributed by atoms with Gasteiger partial charge in [-0.15, -0.1) is 0 Å². The molecule has 0 bridgehead atoms. The maximum absolute atomic E-state index is 11.2. The summed E-state index contributed by atoms with van der Waals surface area (Å²) in [6.07, 6.45) is 1.83. The molecule has 4 aromatic rings. The highest BCUT2D eigenvalue weighted by Gasteiger charge is 2.14. The molecule has 9 heteroatoms. The predicted octanol–water partition coefficient (Wildman–Crippen LogP) is 7.55. The molecule has 0 atom stereocenters. The zero-order chi connectivity index (χ0) is 24.1. The number of H-pyrrole nitrogens is 1. The van der Waals surface area contributed by atoms with E-state index in [2.05, 4.69) is 20.9 Å². The molecule has 1 heterocycles. The Bertz CT molecular complexity index is 1310. The van der Waals surface area contributed by atoms with Crippen LogP contribution in [0.4, 0.5) is 17.1 Å². The van der Waals surface area contributed by atoms with Gasteiger partial charge in [-0.25, -0.2) is 0 Å². The van der Waals surface area contributed by atoms with Crippen molar-refractivity contribution in [3.05, 3.63) is 89.0 Å². The van der Waals surface area contributed by atoms with Gasteiger partial charge in [-0.05, 0) is 85.0 Å². The summed E-state index contributed by atoms with van der Waals surface area (Å²) in [7, 11) is 0. The number of thiocarbonyl (C=S) groups is 1. The third-order valence-electron chi connectivity index (χ3n) is 4.71. The number of anilines is 3. The minimum absolute atomic E-state index is 0.134. The number of halogens is 2. The van der Waals surface area contributed by atoms with Crippen molar-refractivity contribution in [1.29, 1.82) is 0 Å². The smallest absolute Gasteiger partial charge is 0.221 e. The van der Waals surface area contributed by atoms with Gasteiger partial charge in [-0.1, -0.05) is 23.2 Å². The highest BCUT2D eigenvalue weighted by Crippen LogP contribution is 2.39. The summed E-state index contributed by atoms with van der Waals surface area (Å²) in [6.45, 7) is 1.46. The van der Waals surface area contributed by atoms with Crippen LogP contribution in [0.2, 0.25) is 10.0 Å². The number of aromatic amines is 1. The molecule has 0 radical (unpaired) electrons. The third kappa shape index (κ3) is 6.08. The molecule has 0 saturated carbocycles. The van der Waals surface area contributed by atoms with Crippen LogP contribution >= 0.6 is 35.4 Å². The van der Waals surface area contributed by atoms with Gasteiger partial charge in [0, 0.05) is 40.8 Å². The van der Waals surface area contributed by atoms with Crippen LogP contribution < -0.4 is 20.7 Å². The second kappa shape index (κ2) is 10.6. The van der Waals surface area contributed by atoms with E-state index in [4.69, 9.17) is 40.2 Å². The van der Waals surface area contributed by atoms with Gasteiger partial charge in [0.1, 0.15) is 5.75 Å². The molecule has 0 unspecified atom stereocenters. The summed E-state index contributed by atoms with van der Waals surface area (Å²) in [6, 6.07) is 21.7. The van der Waals surface area contributed by atoms with E-state index in [9.17, 15) is 4.79 Å². The fourth-order valence-electron chi connectivity index (χ4n) is 3.19. The van der Waals surface area contributed by atoms with Crippen molar-refractivity contribution in [2.45, 2.75) is 6.92 Å². The van der Waals surface area contributed by atoms with E-state index in [0.29, 0.717) is 38.0 Å². The number of carbonyl (C=O) groups excluding carboxylic acids is 1. The first-order valence-corrected chi connectivity index (χ1v) is 11.4. The molecule has 0 aliphatic carbocycles. The van der Waals surface area contributed by atoms with E-state index in [1.165, 1.54) is 6.92 Å². The van der Waals surface area contributed by atoms with Gasteiger partial charge in [-0.2, -0.15) is 0 Å². The number of carbonyl (C=O) groups is 1. The summed E-state index contributed by atoms with van der Waals surface area (Å²) in [5.41, 5.74) is 3.68. The molecule has 3 aromatic carbocycles. The van der Waals surface area contributed by atoms with Crippen molar-refractivity contribution in [3.8, 4) is 22.8 Å². The van der Waals surface area contributed by atoms with Crippen molar-refractivity contribution < 1.29 is 9.53 Å². The number of aromatic nitrogens is 1. The zero-order valence-corrected chi connectivity index (χ0v) is 20.3. The topological polar surface area (TPSA) is 78.2 Å². The van der Waals surface area contributed by atoms with Crippen LogP contribution in [0.1, 0.15) is 6.92 Å². The number of hydrogen-bond acceptors (Lipinski definition) is 3. The Kier molecular flexibility index (Phi) is 7.37. The molecule has 34 heavy (non-hydrogen) atoms. The number of hydrogen-bond donors (Lipinski definition) is 4. The monoisotopic (exact) mass is 510 g/mol. The van der Waals surface area contributed by atoms with E-state index >= 15 is 0 Å². The van der Waals surface area contributed by atoms with E-state index < -0.39 is 0 Å². The van der Waals surface area contributed by atoms with Crippen molar-refractivity contribution in [2.24, 2.45) is 0 Å². The van der Waals surface area contributed by atoms with Gasteiger partial charge in [0.25, 0.3) is 0 Å². The van der Waals surface area contributed by atoms with Crippen molar-refractivity contribution in [2.75, 3.05) is 16.0 Å². The lowest BCUT2D eigenvalue weighted by Crippen LogP contribution is -2.19. The van der Waals surface area contributed by atoms with Crippen LogP contribution in [-0.2, 0) is 4.79 Å². The molecular weight excluding hydrogens is 491 g/mol. The van der Waals surface area contributed by atoms with Crippen LogP contribution in [0.3, 0.4) is 0 Å². The van der Waals surface area contributed by atoms with Gasteiger partial charge < -0.3 is 25.7 Å². The fraction of sp³-hybridized carbons (Fsp3) is 0.0400. The van der Waals surface area contributed by atoms with Crippen LogP contribution in [0.15, 0.2) is 79.0 Å². The molecule has 0 spiro atoms. The summed E-state index contributed by atoms with van der Waals surface area (Å²) in [4.78, 5) is 14.4. The standard InChI is InChI=1S/C25H20Cl2N4O2S/c1-15(32)29-17-6-8-18(9-7-17)30-25(34)31-23-14-21(27)20(22-3-2-12-28-22)13-24(23)33-19-10-4-16(26)5-11-19/h2-14,28H,1H3,(H,29,32)(H2,30,31,34). The van der Waals surface area contributed by atoms with Crippen molar-refractivity contribution in [3.63, 3.8) is 0 Å². The normalized spacial score (nSPS) is 10.4. The van der Waals surface area contributed by atoms with Crippen LogP contribution in [0.25, 0.3) is 11.3 Å². The fourth-order valence-corrected chi connectivity index (χ4v) is 3.81. The lowest BCUT2D eigenvalue weighted by atomic mass is 10.1. The van der Waals surface area contributed by atoms with Crippen LogP contribution in [-0.4, -0.2) is 16.0 Å². The lowest BCUT2D eigenvalue weighted by Gasteiger charge is -2.17. The predicted molar refractivity (Wildman–Crippen MR) is 143 cm³/mol. The van der Waals surface area contributed by atoms with E-state index in [-0.39, 0.29) is 5.91 Å². The molecule has 0 fully saturated rings. The maximum Gasteiger partial charge on any atom is 0.221 e. The highest BCUT2D eigenvalue weighted by atomic mass is 35.5. The average molecular weight is 511 g/mol. The van der Waals surface area contributed by atoms with Crippen molar-refractivity contribution in [1.82, 2.24) is 4.98 Å². The number of benzene rings is 3. The summed E-state index contributed by atoms with van der Waals surface area (Å²) in [5.74, 6) is 1.01. The van der Waals surface area contributed by atoms with Crippen LogP contribution in [0, 0.1) is 0 Å². The molecule has 0 aliphatic rings. The van der Waals surface area contributed by atoms with Gasteiger partial charge in [-0.3, -0.25) is 4.79 Å². The number of nitrogens with one attached hydrogen (secondary N) is 4. The quantitative estimate of drug-likeness (QED) is 0.201. The SMILES string of the molecule is CC(=O)Nc1ccc(NC(=S)Nc2cc(Cl)c(-c3ccc[nH]3)cc2Oc2ccc(Cl)cc2)cc1. The van der Waals surface area contributed by atoms with Crippen molar-refractivity contribution >= 4 is 63.5 Å². The van der Waals surface area contributed by atoms with E-state index in [1.807, 2.05) is 36.5 Å². The van der Waals surface area contributed by atoms with Gasteiger partial charge in [0.15, 0.2) is 10.9 Å².